The SMILES string of the molecule is C=CCC(NC(=O)C1(O)CCN(C(=O)OC(C)(C)C)CC1)c1ccc(F)cc1. The molecule has 0 aromatic heterocycles. The third-order valence-corrected chi connectivity index (χ3v) is 4.65. The van der Waals surface area contributed by atoms with Crippen molar-refractivity contribution in [3.05, 3.63) is 48.3 Å². The molecule has 2 N–H and O–H groups in total. The lowest BCUT2D eigenvalue weighted by Crippen LogP contribution is -2.55. The van der Waals surface area contributed by atoms with Crippen molar-refractivity contribution in [2.45, 2.75) is 57.3 Å². The van der Waals surface area contributed by atoms with Gasteiger partial charge in [0.2, 0.25) is 0 Å². The topological polar surface area (TPSA) is 78.9 Å². The molecule has 0 radical (unpaired) electrons. The number of ether oxygens (including phenoxy) is 1. The van der Waals surface area contributed by atoms with Crippen LogP contribution in [-0.2, 0) is 9.53 Å². The Bertz CT molecular complexity index is 704. The molecule has 1 aliphatic heterocycles. The normalized spacial score (nSPS) is 17.5. The standard InChI is InChI=1S/C21H29FN2O4/c1-5-6-17(15-7-9-16(22)10-8-15)23-18(25)21(27)11-13-24(14-12-21)19(26)28-20(2,3)4/h5,7-10,17,27H,1,6,11-14H2,2-4H3,(H,23,25). The first kappa shape index (κ1) is 21.9. The van der Waals surface area contributed by atoms with Gasteiger partial charge < -0.3 is 20.1 Å². The molecule has 0 aliphatic carbocycles. The van der Waals surface area contributed by atoms with Gasteiger partial charge in [-0.1, -0.05) is 18.2 Å². The van der Waals surface area contributed by atoms with Crippen LogP contribution >= 0.6 is 0 Å². The van der Waals surface area contributed by atoms with Crippen molar-refractivity contribution in [2.24, 2.45) is 0 Å². The minimum atomic E-state index is -1.57. The van der Waals surface area contributed by atoms with E-state index in [1.165, 1.54) is 17.0 Å². The van der Waals surface area contributed by atoms with Gasteiger partial charge in [-0.25, -0.2) is 9.18 Å². The monoisotopic (exact) mass is 392 g/mol. The second kappa shape index (κ2) is 8.73. The predicted octanol–water partition coefficient (Wildman–Crippen LogP) is 3.32. The van der Waals surface area contributed by atoms with Gasteiger partial charge in [-0.3, -0.25) is 4.79 Å². The predicted molar refractivity (Wildman–Crippen MR) is 104 cm³/mol. The van der Waals surface area contributed by atoms with E-state index >= 15 is 0 Å². The number of nitrogens with one attached hydrogen (secondary N) is 1. The summed E-state index contributed by atoms with van der Waals surface area (Å²) in [5.41, 5.74) is -1.45. The number of rotatable bonds is 5. The molecule has 2 amide bonds. The summed E-state index contributed by atoms with van der Waals surface area (Å²) in [6.45, 7) is 9.50. The van der Waals surface area contributed by atoms with Crippen LogP contribution < -0.4 is 5.32 Å². The number of carbonyl (C=O) groups is 2. The van der Waals surface area contributed by atoms with Gasteiger partial charge in [-0.15, -0.1) is 6.58 Å². The summed E-state index contributed by atoms with van der Waals surface area (Å²) >= 11 is 0. The summed E-state index contributed by atoms with van der Waals surface area (Å²) in [4.78, 5) is 26.4. The van der Waals surface area contributed by atoms with Gasteiger partial charge in [0.05, 0.1) is 6.04 Å². The third-order valence-electron chi connectivity index (χ3n) is 4.65. The van der Waals surface area contributed by atoms with Gasteiger partial charge in [0.15, 0.2) is 0 Å². The van der Waals surface area contributed by atoms with Crippen molar-refractivity contribution >= 4 is 12.0 Å². The molecule has 1 aromatic carbocycles. The maximum Gasteiger partial charge on any atom is 0.410 e. The Kier molecular flexibility index (Phi) is 6.82. The van der Waals surface area contributed by atoms with Crippen molar-refractivity contribution < 1.29 is 23.8 Å². The summed E-state index contributed by atoms with van der Waals surface area (Å²) in [7, 11) is 0. The van der Waals surface area contributed by atoms with Gasteiger partial charge >= 0.3 is 6.09 Å². The highest BCUT2D eigenvalue weighted by molar-refractivity contribution is 5.85. The van der Waals surface area contributed by atoms with E-state index in [1.807, 2.05) is 0 Å². The first-order chi connectivity index (χ1) is 13.0. The fourth-order valence-electron chi connectivity index (χ4n) is 3.05. The Morgan fingerprint density at radius 3 is 2.39 bits per heavy atom. The first-order valence-electron chi connectivity index (χ1n) is 9.42. The molecule has 0 bridgehead atoms. The van der Waals surface area contributed by atoms with Gasteiger partial charge in [0, 0.05) is 25.9 Å². The van der Waals surface area contributed by atoms with Crippen LogP contribution in [0.5, 0.6) is 0 Å². The smallest absolute Gasteiger partial charge is 0.410 e. The van der Waals surface area contributed by atoms with Crippen LogP contribution in [0.4, 0.5) is 9.18 Å². The van der Waals surface area contributed by atoms with Crippen LogP contribution in [-0.4, -0.2) is 46.3 Å². The fraction of sp³-hybridized carbons (Fsp3) is 0.524. The molecule has 7 heteroatoms. The molecule has 0 spiro atoms. The molecule has 1 heterocycles. The van der Waals surface area contributed by atoms with E-state index in [0.29, 0.717) is 6.42 Å². The van der Waals surface area contributed by atoms with Gasteiger partial charge in [0.1, 0.15) is 17.0 Å². The van der Waals surface area contributed by atoms with Gasteiger partial charge in [-0.05, 0) is 44.9 Å². The van der Waals surface area contributed by atoms with Crippen LogP contribution in [0.2, 0.25) is 0 Å². The minimum Gasteiger partial charge on any atom is -0.444 e. The zero-order chi connectivity index (χ0) is 20.9. The highest BCUT2D eigenvalue weighted by atomic mass is 19.1. The van der Waals surface area contributed by atoms with Crippen LogP contribution in [0, 0.1) is 5.82 Å². The zero-order valence-electron chi connectivity index (χ0n) is 16.7. The van der Waals surface area contributed by atoms with E-state index in [-0.39, 0.29) is 31.7 Å². The number of halogens is 1. The van der Waals surface area contributed by atoms with Crippen molar-refractivity contribution in [1.82, 2.24) is 10.2 Å². The highest BCUT2D eigenvalue weighted by Crippen LogP contribution is 2.26. The molecule has 0 saturated carbocycles. The van der Waals surface area contributed by atoms with E-state index in [4.69, 9.17) is 4.74 Å². The Balaban J connectivity index is 2.00. The Labute approximate surface area is 165 Å². The fourth-order valence-corrected chi connectivity index (χ4v) is 3.05. The lowest BCUT2D eigenvalue weighted by Gasteiger charge is -2.38. The first-order valence-corrected chi connectivity index (χ1v) is 9.42. The van der Waals surface area contributed by atoms with Crippen LogP contribution in [0.25, 0.3) is 0 Å². The molecule has 154 valence electrons. The number of piperidine rings is 1. The summed E-state index contributed by atoms with van der Waals surface area (Å²) in [6.07, 6.45) is 1.87. The largest absolute Gasteiger partial charge is 0.444 e. The van der Waals surface area contributed by atoms with E-state index in [9.17, 15) is 19.1 Å². The van der Waals surface area contributed by atoms with Crippen molar-refractivity contribution in [3.8, 4) is 0 Å². The van der Waals surface area contributed by atoms with Gasteiger partial charge in [-0.2, -0.15) is 0 Å². The molecule has 1 aliphatic rings. The molecule has 1 unspecified atom stereocenters. The lowest BCUT2D eigenvalue weighted by molar-refractivity contribution is -0.145. The van der Waals surface area contributed by atoms with E-state index < -0.39 is 29.2 Å². The highest BCUT2D eigenvalue weighted by Gasteiger charge is 2.41. The molecular formula is C21H29FN2O4. The average molecular weight is 392 g/mol. The van der Waals surface area contributed by atoms with Crippen molar-refractivity contribution in [1.29, 1.82) is 0 Å². The van der Waals surface area contributed by atoms with E-state index in [1.54, 1.807) is 39.0 Å². The zero-order valence-corrected chi connectivity index (χ0v) is 16.7. The molecule has 1 atom stereocenters. The van der Waals surface area contributed by atoms with Crippen molar-refractivity contribution in [2.75, 3.05) is 13.1 Å². The molecule has 6 nitrogen and oxygen atoms in total. The summed E-state index contributed by atoms with van der Waals surface area (Å²) < 4.78 is 18.5. The van der Waals surface area contributed by atoms with Crippen molar-refractivity contribution in [3.63, 3.8) is 0 Å². The number of benzene rings is 1. The molecule has 1 fully saturated rings. The van der Waals surface area contributed by atoms with E-state index in [0.717, 1.165) is 5.56 Å². The quantitative estimate of drug-likeness (QED) is 0.754. The Morgan fingerprint density at radius 1 is 1.32 bits per heavy atom. The number of hydrogen-bond acceptors (Lipinski definition) is 4. The average Bonchev–Trinajstić information content (AvgIpc) is 2.61. The Hall–Kier alpha value is -2.41. The molecule has 1 saturated heterocycles. The van der Waals surface area contributed by atoms with Crippen LogP contribution in [0.1, 0.15) is 51.6 Å². The minimum absolute atomic E-state index is 0.113. The second-order valence-electron chi connectivity index (χ2n) is 8.10. The molecular weight excluding hydrogens is 363 g/mol. The third kappa shape index (κ3) is 5.79. The number of likely N-dealkylation sites (tertiary alicyclic amines) is 1. The number of hydrogen-bond donors (Lipinski definition) is 2. The van der Waals surface area contributed by atoms with Gasteiger partial charge in [0.25, 0.3) is 5.91 Å². The number of amides is 2. The maximum absolute atomic E-state index is 13.2. The summed E-state index contributed by atoms with van der Waals surface area (Å²) in [5.74, 6) is -0.868. The summed E-state index contributed by atoms with van der Waals surface area (Å²) in [5, 5.41) is 13.6. The van der Waals surface area contributed by atoms with E-state index in [2.05, 4.69) is 11.9 Å². The maximum atomic E-state index is 13.2. The molecule has 28 heavy (non-hydrogen) atoms. The lowest BCUT2D eigenvalue weighted by atomic mass is 9.89. The number of aliphatic hydroxyl groups is 1. The molecule has 1 aromatic rings. The van der Waals surface area contributed by atoms with Crippen LogP contribution in [0.3, 0.4) is 0 Å². The molecule has 2 rings (SSSR count). The Morgan fingerprint density at radius 2 is 1.89 bits per heavy atom. The number of carbonyl (C=O) groups excluding carboxylic acids is 2. The second-order valence-corrected chi connectivity index (χ2v) is 8.10. The van der Waals surface area contributed by atoms with Crippen LogP contribution in [0.15, 0.2) is 36.9 Å². The number of nitrogens with zero attached hydrogens (tertiary/aromatic N) is 1. The summed E-state index contributed by atoms with van der Waals surface area (Å²) in [6, 6.07) is 5.42.